The van der Waals surface area contributed by atoms with Crippen molar-refractivity contribution >= 4 is 5.97 Å². The number of esters is 1. The molecule has 0 aliphatic carbocycles. The van der Waals surface area contributed by atoms with Crippen LogP contribution in [0.2, 0.25) is 0 Å². The molecule has 0 amide bonds. The van der Waals surface area contributed by atoms with Crippen molar-refractivity contribution in [2.45, 2.75) is 37.6 Å². The Hall–Kier alpha value is -3.68. The molecule has 3 aromatic rings. The maximum absolute atomic E-state index is 13.2. The number of azide groups is 1. The predicted molar refractivity (Wildman–Crippen MR) is 129 cm³/mol. The fourth-order valence-electron chi connectivity index (χ4n) is 3.97. The molecule has 1 fully saturated rings. The van der Waals surface area contributed by atoms with Crippen LogP contribution in [0.4, 0.5) is 0 Å². The van der Waals surface area contributed by atoms with Crippen LogP contribution in [0.15, 0.2) is 96.1 Å². The Bertz CT molecular complexity index is 1120. The van der Waals surface area contributed by atoms with Gasteiger partial charge in [-0.05, 0) is 22.2 Å². The number of benzene rings is 3. The minimum Gasteiger partial charge on any atom is -0.455 e. The lowest BCUT2D eigenvalue weighted by Crippen LogP contribution is -2.53. The standard InChI is InChI=1S/C27H27N3O5/c28-30-29-20-27(34-18-23-14-8-3-9-15-23)25(33-17-22-12-6-2-7-13-22)24(35-26(27)31)19-32-16-21-10-4-1-5-11-21/h1-15,24-25H,16-20H2/t24-,25+,27+/m1/s1. The van der Waals surface area contributed by atoms with Crippen LogP contribution >= 0.6 is 0 Å². The van der Waals surface area contributed by atoms with Crippen molar-refractivity contribution in [3.8, 4) is 0 Å². The van der Waals surface area contributed by atoms with Gasteiger partial charge in [0, 0.05) is 4.91 Å². The van der Waals surface area contributed by atoms with Crippen LogP contribution < -0.4 is 0 Å². The molecule has 1 aliphatic rings. The summed E-state index contributed by atoms with van der Waals surface area (Å²) >= 11 is 0. The van der Waals surface area contributed by atoms with Crippen LogP contribution in [0.5, 0.6) is 0 Å². The summed E-state index contributed by atoms with van der Waals surface area (Å²) in [6, 6.07) is 28.8. The van der Waals surface area contributed by atoms with Crippen LogP contribution in [0, 0.1) is 0 Å². The number of carbonyl (C=O) groups is 1. The second-order valence-electron chi connectivity index (χ2n) is 8.21. The number of hydrogen-bond acceptors (Lipinski definition) is 6. The average Bonchev–Trinajstić information content (AvgIpc) is 3.17. The second kappa shape index (κ2) is 12.1. The Balaban J connectivity index is 1.55. The summed E-state index contributed by atoms with van der Waals surface area (Å²) in [5, 5.41) is 3.69. The fraction of sp³-hybridized carbons (Fsp3) is 0.296. The van der Waals surface area contributed by atoms with Gasteiger partial charge in [-0.1, -0.05) is 96.1 Å². The van der Waals surface area contributed by atoms with Gasteiger partial charge in [0.2, 0.25) is 5.60 Å². The third-order valence-electron chi connectivity index (χ3n) is 5.78. The SMILES string of the molecule is [N-]=[N+]=NC[C@@]1(OCc2ccccc2)C(=O)O[C@H](COCc2ccccc2)[C@@H]1OCc1ccccc1. The zero-order valence-corrected chi connectivity index (χ0v) is 19.2. The van der Waals surface area contributed by atoms with Gasteiger partial charge in [-0.25, -0.2) is 4.79 Å². The molecule has 0 saturated carbocycles. The lowest BCUT2D eigenvalue weighted by molar-refractivity contribution is -0.169. The van der Waals surface area contributed by atoms with Crippen molar-refractivity contribution in [3.05, 3.63) is 118 Å². The number of carbonyl (C=O) groups excluding carboxylic acids is 1. The summed E-state index contributed by atoms with van der Waals surface area (Å²) in [5.74, 6) is -0.632. The summed E-state index contributed by atoms with van der Waals surface area (Å²) in [4.78, 5) is 16.1. The fourth-order valence-corrected chi connectivity index (χ4v) is 3.97. The molecule has 1 saturated heterocycles. The molecule has 1 aliphatic heterocycles. The van der Waals surface area contributed by atoms with E-state index in [0.29, 0.717) is 6.61 Å². The van der Waals surface area contributed by atoms with Gasteiger partial charge < -0.3 is 18.9 Å². The first kappa shape index (κ1) is 24.4. The van der Waals surface area contributed by atoms with E-state index < -0.39 is 23.8 Å². The predicted octanol–water partition coefficient (Wildman–Crippen LogP) is 4.98. The van der Waals surface area contributed by atoms with E-state index in [9.17, 15) is 4.79 Å². The lowest BCUT2D eigenvalue weighted by atomic mass is 9.95. The lowest BCUT2D eigenvalue weighted by Gasteiger charge is -2.31. The largest absolute Gasteiger partial charge is 0.455 e. The highest BCUT2D eigenvalue weighted by atomic mass is 16.7. The van der Waals surface area contributed by atoms with Crippen molar-refractivity contribution < 1.29 is 23.7 Å². The third-order valence-corrected chi connectivity index (χ3v) is 5.78. The van der Waals surface area contributed by atoms with E-state index in [2.05, 4.69) is 10.0 Å². The van der Waals surface area contributed by atoms with E-state index in [4.69, 9.17) is 24.5 Å². The normalized spacial score (nSPS) is 21.3. The molecule has 1 heterocycles. The quantitative estimate of drug-likeness (QED) is 0.160. The Kier molecular flexibility index (Phi) is 8.48. The number of hydrogen-bond donors (Lipinski definition) is 0. The molecule has 35 heavy (non-hydrogen) atoms. The number of nitrogens with zero attached hydrogens (tertiary/aromatic N) is 3. The molecule has 0 unspecified atom stereocenters. The van der Waals surface area contributed by atoms with E-state index in [1.54, 1.807) is 0 Å². The zero-order chi connectivity index (χ0) is 24.3. The molecule has 8 nitrogen and oxygen atoms in total. The van der Waals surface area contributed by atoms with Gasteiger partial charge in [-0.15, -0.1) is 0 Å². The number of rotatable bonds is 12. The maximum atomic E-state index is 13.2. The summed E-state index contributed by atoms with van der Waals surface area (Å²) in [5.41, 5.74) is 10.2. The molecule has 3 aromatic carbocycles. The summed E-state index contributed by atoms with van der Waals surface area (Å²) in [7, 11) is 0. The third kappa shape index (κ3) is 6.26. The first-order valence-corrected chi connectivity index (χ1v) is 11.4. The molecule has 180 valence electrons. The minimum absolute atomic E-state index is 0.104. The van der Waals surface area contributed by atoms with Crippen LogP contribution in [-0.4, -0.2) is 36.9 Å². The molecule has 4 rings (SSSR count). The first-order valence-electron chi connectivity index (χ1n) is 11.4. The van der Waals surface area contributed by atoms with Crippen molar-refractivity contribution in [3.63, 3.8) is 0 Å². The molecule has 0 radical (unpaired) electrons. The number of ether oxygens (including phenoxy) is 4. The van der Waals surface area contributed by atoms with Crippen LogP contribution in [0.1, 0.15) is 16.7 Å². The minimum atomic E-state index is -1.60. The Morgan fingerprint density at radius 2 is 1.37 bits per heavy atom. The molecule has 8 heteroatoms. The average molecular weight is 474 g/mol. The van der Waals surface area contributed by atoms with Crippen molar-refractivity contribution in [1.29, 1.82) is 0 Å². The van der Waals surface area contributed by atoms with E-state index in [0.717, 1.165) is 16.7 Å². The van der Waals surface area contributed by atoms with E-state index >= 15 is 0 Å². The van der Waals surface area contributed by atoms with E-state index in [-0.39, 0.29) is 26.4 Å². The van der Waals surface area contributed by atoms with Gasteiger partial charge in [0.05, 0.1) is 33.0 Å². The monoisotopic (exact) mass is 473 g/mol. The van der Waals surface area contributed by atoms with Crippen LogP contribution in [0.3, 0.4) is 0 Å². The van der Waals surface area contributed by atoms with Crippen molar-refractivity contribution in [2.75, 3.05) is 13.2 Å². The molecule has 3 atom stereocenters. The van der Waals surface area contributed by atoms with Crippen molar-refractivity contribution in [2.24, 2.45) is 5.11 Å². The topological polar surface area (TPSA) is 103 Å². The smallest absolute Gasteiger partial charge is 0.341 e. The van der Waals surface area contributed by atoms with Gasteiger partial charge in [0.25, 0.3) is 0 Å². The summed E-state index contributed by atoms with van der Waals surface area (Å²) in [6.45, 7) is 0.550. The molecule has 0 spiro atoms. The van der Waals surface area contributed by atoms with Gasteiger partial charge in [0.15, 0.2) is 6.10 Å². The van der Waals surface area contributed by atoms with E-state index in [1.807, 2.05) is 91.0 Å². The molecular weight excluding hydrogens is 446 g/mol. The Morgan fingerprint density at radius 3 is 1.94 bits per heavy atom. The van der Waals surface area contributed by atoms with Crippen LogP contribution in [0.25, 0.3) is 10.4 Å². The molecule has 0 N–H and O–H groups in total. The van der Waals surface area contributed by atoms with Crippen molar-refractivity contribution in [1.82, 2.24) is 0 Å². The second-order valence-corrected chi connectivity index (χ2v) is 8.21. The maximum Gasteiger partial charge on any atom is 0.341 e. The molecule has 0 bridgehead atoms. The summed E-state index contributed by atoms with van der Waals surface area (Å²) < 4.78 is 24.0. The summed E-state index contributed by atoms with van der Waals surface area (Å²) in [6.07, 6.45) is -1.58. The Labute approximate surface area is 204 Å². The highest BCUT2D eigenvalue weighted by molar-refractivity contribution is 5.83. The first-order chi connectivity index (χ1) is 17.2. The molecule has 0 aromatic heterocycles. The Morgan fingerprint density at radius 1 is 0.829 bits per heavy atom. The van der Waals surface area contributed by atoms with Gasteiger partial charge in [-0.3, -0.25) is 0 Å². The highest BCUT2D eigenvalue weighted by Gasteiger charge is 2.59. The molecular formula is C27H27N3O5. The van der Waals surface area contributed by atoms with E-state index in [1.165, 1.54) is 0 Å². The van der Waals surface area contributed by atoms with Gasteiger partial charge in [0.1, 0.15) is 6.10 Å². The van der Waals surface area contributed by atoms with Gasteiger partial charge in [-0.2, -0.15) is 0 Å². The zero-order valence-electron chi connectivity index (χ0n) is 19.2. The van der Waals surface area contributed by atoms with Crippen LogP contribution in [-0.2, 0) is 43.6 Å². The van der Waals surface area contributed by atoms with Gasteiger partial charge >= 0.3 is 5.97 Å². The number of cyclic esters (lactones) is 1. The highest BCUT2D eigenvalue weighted by Crippen LogP contribution is 2.35.